The fourth-order valence-electron chi connectivity index (χ4n) is 4.28. The molecule has 2 aromatic carbocycles. The second kappa shape index (κ2) is 11.3. The molecule has 2 aromatic rings. The lowest BCUT2D eigenvalue weighted by Crippen LogP contribution is -2.42. The number of benzene rings is 2. The van der Waals surface area contributed by atoms with Crippen LogP contribution in [-0.4, -0.2) is 24.2 Å². The molecule has 0 saturated carbocycles. The molecule has 2 atom stereocenters. The normalized spacial score (nSPS) is 19.6. The number of carbonyl (C=O) groups excluding carboxylic acids is 1. The van der Waals surface area contributed by atoms with E-state index in [2.05, 4.69) is 65.7 Å². The molecule has 2 aliphatic heterocycles. The van der Waals surface area contributed by atoms with Gasteiger partial charge in [-0.2, -0.15) is 0 Å². The summed E-state index contributed by atoms with van der Waals surface area (Å²) in [5, 5.41) is 6.40. The molecule has 2 aliphatic rings. The maximum absolute atomic E-state index is 12.2. The molecule has 4 rings (SSSR count). The zero-order valence-corrected chi connectivity index (χ0v) is 19.2. The van der Waals surface area contributed by atoms with E-state index in [0.717, 1.165) is 29.0 Å². The predicted molar refractivity (Wildman–Crippen MR) is 139 cm³/mol. The zero-order chi connectivity index (χ0) is 23.8. The van der Waals surface area contributed by atoms with E-state index in [1.165, 1.54) is 17.2 Å². The molecule has 0 aromatic heterocycles. The number of amides is 1. The molecule has 0 fully saturated rings. The van der Waals surface area contributed by atoms with Gasteiger partial charge in [0.15, 0.2) is 0 Å². The van der Waals surface area contributed by atoms with Crippen LogP contribution >= 0.6 is 0 Å². The van der Waals surface area contributed by atoms with E-state index in [4.69, 9.17) is 10.7 Å². The van der Waals surface area contributed by atoms with Crippen LogP contribution in [0.5, 0.6) is 0 Å². The van der Waals surface area contributed by atoms with Crippen LogP contribution in [0.15, 0.2) is 120 Å². The fourth-order valence-corrected chi connectivity index (χ4v) is 4.28. The van der Waals surface area contributed by atoms with Crippen molar-refractivity contribution in [2.75, 3.05) is 6.54 Å². The Morgan fingerprint density at radius 3 is 2.65 bits per heavy atom. The van der Waals surface area contributed by atoms with Gasteiger partial charge in [-0.15, -0.1) is 0 Å². The summed E-state index contributed by atoms with van der Waals surface area (Å²) < 4.78 is 0. The third-order valence-corrected chi connectivity index (χ3v) is 6.06. The first-order valence-corrected chi connectivity index (χ1v) is 11.5. The van der Waals surface area contributed by atoms with Crippen LogP contribution < -0.4 is 16.4 Å². The molecule has 4 N–H and O–H groups in total. The number of rotatable bonds is 8. The van der Waals surface area contributed by atoms with Crippen LogP contribution in [0.3, 0.4) is 0 Å². The Bertz CT molecular complexity index is 1170. The summed E-state index contributed by atoms with van der Waals surface area (Å²) >= 11 is 0. The Hall–Kier alpha value is -3.96. The van der Waals surface area contributed by atoms with Crippen molar-refractivity contribution in [3.8, 4) is 0 Å². The molecule has 34 heavy (non-hydrogen) atoms. The summed E-state index contributed by atoms with van der Waals surface area (Å²) in [6, 6.07) is 18.8. The Labute approximate surface area is 201 Å². The van der Waals surface area contributed by atoms with Crippen molar-refractivity contribution in [1.82, 2.24) is 10.6 Å². The summed E-state index contributed by atoms with van der Waals surface area (Å²) in [6.07, 6.45) is 13.2. The van der Waals surface area contributed by atoms with Crippen LogP contribution in [0, 0.1) is 0 Å². The maximum Gasteiger partial charge on any atom is 0.244 e. The molecular weight excluding hydrogens is 420 g/mol. The zero-order valence-electron chi connectivity index (χ0n) is 19.2. The average Bonchev–Trinajstić information content (AvgIpc) is 2.89. The second-order valence-electron chi connectivity index (χ2n) is 8.25. The summed E-state index contributed by atoms with van der Waals surface area (Å²) in [5.74, 6) is -0.00840. The lowest BCUT2D eigenvalue weighted by Gasteiger charge is -2.33. The Morgan fingerprint density at radius 2 is 1.91 bits per heavy atom. The summed E-state index contributed by atoms with van der Waals surface area (Å²) in [4.78, 5) is 17.4. The van der Waals surface area contributed by atoms with Crippen molar-refractivity contribution < 1.29 is 4.79 Å². The minimum atomic E-state index is -0.133. The van der Waals surface area contributed by atoms with Crippen molar-refractivity contribution in [3.05, 3.63) is 132 Å². The number of hydrogen-bond acceptors (Lipinski definition) is 4. The molecule has 5 nitrogen and oxygen atoms in total. The summed E-state index contributed by atoms with van der Waals surface area (Å²) in [7, 11) is 0. The highest BCUT2D eigenvalue weighted by Crippen LogP contribution is 2.37. The van der Waals surface area contributed by atoms with Crippen LogP contribution in [0.2, 0.25) is 0 Å². The molecule has 1 amide bonds. The van der Waals surface area contributed by atoms with Gasteiger partial charge in [-0.05, 0) is 41.0 Å². The monoisotopic (exact) mass is 450 g/mol. The Balaban J connectivity index is 1.60. The maximum atomic E-state index is 12.2. The van der Waals surface area contributed by atoms with Gasteiger partial charge in [0.1, 0.15) is 0 Å². The van der Waals surface area contributed by atoms with E-state index in [9.17, 15) is 4.79 Å². The minimum absolute atomic E-state index is 0.0165. The number of aliphatic imine (C=N–C) groups is 1. The third-order valence-electron chi connectivity index (χ3n) is 6.06. The van der Waals surface area contributed by atoms with Gasteiger partial charge < -0.3 is 16.4 Å². The molecule has 0 radical (unpaired) electrons. The van der Waals surface area contributed by atoms with Crippen molar-refractivity contribution in [1.29, 1.82) is 0 Å². The van der Waals surface area contributed by atoms with E-state index in [-0.39, 0.29) is 17.9 Å². The minimum Gasteiger partial charge on any atom is -0.382 e. The van der Waals surface area contributed by atoms with Crippen LogP contribution in [-0.2, 0) is 11.3 Å². The van der Waals surface area contributed by atoms with E-state index >= 15 is 0 Å². The summed E-state index contributed by atoms with van der Waals surface area (Å²) in [6.45, 7) is 4.62. The van der Waals surface area contributed by atoms with Gasteiger partial charge in [0, 0.05) is 25.1 Å². The number of nitrogens with zero attached hydrogens (tertiary/aromatic N) is 1. The molecule has 2 unspecified atom stereocenters. The van der Waals surface area contributed by atoms with Gasteiger partial charge in [0.2, 0.25) is 5.91 Å². The Morgan fingerprint density at radius 1 is 1.12 bits per heavy atom. The largest absolute Gasteiger partial charge is 0.382 e. The molecule has 0 spiro atoms. The number of nitrogens with one attached hydrogen (secondary N) is 2. The van der Waals surface area contributed by atoms with Crippen molar-refractivity contribution in [3.63, 3.8) is 0 Å². The van der Waals surface area contributed by atoms with Gasteiger partial charge in [0.05, 0.1) is 17.5 Å². The molecule has 0 bridgehead atoms. The quantitative estimate of drug-likeness (QED) is 0.415. The van der Waals surface area contributed by atoms with Gasteiger partial charge in [-0.3, -0.25) is 9.79 Å². The average molecular weight is 451 g/mol. The van der Waals surface area contributed by atoms with Crippen LogP contribution in [0.4, 0.5) is 0 Å². The highest BCUT2D eigenvalue weighted by atomic mass is 16.1. The van der Waals surface area contributed by atoms with Gasteiger partial charge >= 0.3 is 0 Å². The number of carbonyl (C=O) groups is 1. The van der Waals surface area contributed by atoms with Gasteiger partial charge in [-0.1, -0.05) is 85.5 Å². The molecule has 5 heteroatoms. The SMILES string of the molecule is C=C/C=C\C=C\C(=O)NCC1NC=CC2=C1CC(c1ccccc1)C(c1ccc(CN)cc1)=N2. The van der Waals surface area contributed by atoms with Gasteiger partial charge in [-0.25, -0.2) is 0 Å². The highest BCUT2D eigenvalue weighted by Gasteiger charge is 2.31. The first kappa shape index (κ1) is 23.2. The highest BCUT2D eigenvalue weighted by molar-refractivity contribution is 6.06. The molecule has 172 valence electrons. The van der Waals surface area contributed by atoms with E-state index in [1.807, 2.05) is 18.3 Å². The predicted octanol–water partition coefficient (Wildman–Crippen LogP) is 4.28. The Kier molecular flexibility index (Phi) is 7.68. The first-order chi connectivity index (χ1) is 16.7. The molecule has 2 heterocycles. The molecular formula is C29H30N4O. The van der Waals surface area contributed by atoms with Crippen LogP contribution in [0.1, 0.15) is 29.0 Å². The topological polar surface area (TPSA) is 79.5 Å². The second-order valence-corrected chi connectivity index (χ2v) is 8.25. The van der Waals surface area contributed by atoms with Crippen molar-refractivity contribution in [2.45, 2.75) is 24.9 Å². The fraction of sp³-hybridized carbons (Fsp3) is 0.172. The molecule has 0 saturated heterocycles. The third kappa shape index (κ3) is 5.50. The number of nitrogens with two attached hydrogens (primary N) is 1. The van der Waals surface area contributed by atoms with E-state index in [0.29, 0.717) is 13.1 Å². The lowest BCUT2D eigenvalue weighted by molar-refractivity contribution is -0.116. The smallest absolute Gasteiger partial charge is 0.244 e. The van der Waals surface area contributed by atoms with Crippen LogP contribution in [0.25, 0.3) is 0 Å². The number of hydrogen-bond donors (Lipinski definition) is 3. The number of dihydropyridines is 1. The summed E-state index contributed by atoms with van der Waals surface area (Å²) in [5.41, 5.74) is 12.4. The first-order valence-electron chi connectivity index (χ1n) is 11.5. The lowest BCUT2D eigenvalue weighted by atomic mass is 9.79. The standard InChI is InChI=1S/C29H30N4O/c1-2-3-4-8-11-28(34)32-20-27-25-18-24(22-9-6-5-7-10-22)29(33-26(25)16-17-31-27)23-14-12-21(19-30)13-15-23/h2-17,24,27,31H,1,18-20,30H2,(H,32,34)/b4-3-,11-8+. The van der Waals surface area contributed by atoms with E-state index in [1.54, 1.807) is 24.3 Å². The van der Waals surface area contributed by atoms with Crippen molar-refractivity contribution in [2.24, 2.45) is 10.7 Å². The van der Waals surface area contributed by atoms with E-state index < -0.39 is 0 Å². The van der Waals surface area contributed by atoms with Crippen molar-refractivity contribution >= 4 is 11.6 Å². The number of allylic oxidation sites excluding steroid dienone is 5. The van der Waals surface area contributed by atoms with Gasteiger partial charge in [0.25, 0.3) is 0 Å². The molecule has 0 aliphatic carbocycles.